The predicted molar refractivity (Wildman–Crippen MR) is 54.3 cm³/mol. The average molecular weight is 215 g/mol. The van der Waals surface area contributed by atoms with E-state index in [1.165, 1.54) is 23.4 Å². The first-order chi connectivity index (χ1) is 7.72. The lowest BCUT2D eigenvalue weighted by atomic mass is 10.3. The largest absolute Gasteiger partial charge is 0.322 e. The van der Waals surface area contributed by atoms with Crippen molar-refractivity contribution < 1.29 is 0 Å². The quantitative estimate of drug-likeness (QED) is 0.752. The third-order valence-electron chi connectivity index (χ3n) is 1.97. The number of hydrogen-bond donors (Lipinski definition) is 1. The fraction of sp³-hybridized carbons (Fsp3) is 0.222. The molecule has 80 valence electrons. The van der Waals surface area contributed by atoms with Crippen molar-refractivity contribution in [1.29, 1.82) is 5.26 Å². The molecule has 2 aromatic heterocycles. The summed E-state index contributed by atoms with van der Waals surface area (Å²) in [5.41, 5.74) is 6.01. The molecule has 0 unspecified atom stereocenters. The molecule has 0 aromatic carbocycles. The van der Waals surface area contributed by atoms with Gasteiger partial charge in [0.2, 0.25) is 0 Å². The molecule has 0 aliphatic rings. The zero-order chi connectivity index (χ0) is 11.5. The van der Waals surface area contributed by atoms with Crippen LogP contribution in [0.3, 0.4) is 0 Å². The Balaban J connectivity index is 2.51. The van der Waals surface area contributed by atoms with Gasteiger partial charge in [-0.3, -0.25) is 0 Å². The molecule has 7 heteroatoms. The van der Waals surface area contributed by atoms with Gasteiger partial charge in [-0.25, -0.2) is 15.0 Å². The van der Waals surface area contributed by atoms with Crippen LogP contribution in [0.15, 0.2) is 18.7 Å². The summed E-state index contributed by atoms with van der Waals surface area (Å²) in [6, 6.07) is 3.20. The third kappa shape index (κ3) is 1.74. The zero-order valence-corrected chi connectivity index (χ0v) is 8.57. The lowest BCUT2D eigenvalue weighted by Crippen LogP contribution is -2.14. The maximum absolute atomic E-state index is 8.73. The van der Waals surface area contributed by atoms with E-state index >= 15 is 0 Å². The SMILES string of the molecule is C[C@H](N)c1ncnn1-c1cc(C#N)ncn1. The summed E-state index contributed by atoms with van der Waals surface area (Å²) in [7, 11) is 0. The van der Waals surface area contributed by atoms with Crippen molar-refractivity contribution in [3.8, 4) is 11.9 Å². The average Bonchev–Trinajstić information content (AvgIpc) is 2.78. The minimum absolute atomic E-state index is 0.261. The molecule has 0 spiro atoms. The number of nitriles is 1. The van der Waals surface area contributed by atoms with E-state index in [0.29, 0.717) is 11.6 Å². The summed E-state index contributed by atoms with van der Waals surface area (Å²) in [6.45, 7) is 1.80. The number of hydrogen-bond acceptors (Lipinski definition) is 6. The first-order valence-electron chi connectivity index (χ1n) is 4.60. The second-order valence-corrected chi connectivity index (χ2v) is 3.19. The second-order valence-electron chi connectivity index (χ2n) is 3.19. The Kier molecular flexibility index (Phi) is 2.57. The molecule has 0 aliphatic carbocycles. The van der Waals surface area contributed by atoms with Crippen molar-refractivity contribution in [2.24, 2.45) is 5.73 Å². The summed E-state index contributed by atoms with van der Waals surface area (Å²) >= 11 is 0. The van der Waals surface area contributed by atoms with Gasteiger partial charge < -0.3 is 5.73 Å². The standard InChI is InChI=1S/C9H9N7/c1-6(11)9-14-5-15-16(9)8-2-7(3-10)12-4-13-8/h2,4-6H,11H2,1H3/t6-/m0/s1. The molecule has 0 bridgehead atoms. The van der Waals surface area contributed by atoms with Gasteiger partial charge in [-0.15, -0.1) is 0 Å². The highest BCUT2D eigenvalue weighted by atomic mass is 15.4. The molecule has 2 rings (SSSR count). The van der Waals surface area contributed by atoms with Crippen LogP contribution in [-0.2, 0) is 0 Å². The van der Waals surface area contributed by atoms with E-state index in [-0.39, 0.29) is 11.7 Å². The smallest absolute Gasteiger partial charge is 0.160 e. The maximum atomic E-state index is 8.73. The molecular formula is C9H9N7. The van der Waals surface area contributed by atoms with Gasteiger partial charge in [0.15, 0.2) is 11.6 Å². The van der Waals surface area contributed by atoms with Gasteiger partial charge in [0, 0.05) is 6.07 Å². The van der Waals surface area contributed by atoms with Gasteiger partial charge in [-0.05, 0) is 6.92 Å². The normalized spacial score (nSPS) is 12.1. The first kappa shape index (κ1) is 10.2. The van der Waals surface area contributed by atoms with Crippen molar-refractivity contribution in [3.05, 3.63) is 30.2 Å². The molecule has 2 aromatic rings. The van der Waals surface area contributed by atoms with Crippen molar-refractivity contribution in [2.45, 2.75) is 13.0 Å². The van der Waals surface area contributed by atoms with E-state index in [2.05, 4.69) is 20.1 Å². The van der Waals surface area contributed by atoms with Gasteiger partial charge in [0.05, 0.1) is 6.04 Å². The van der Waals surface area contributed by atoms with Crippen molar-refractivity contribution in [3.63, 3.8) is 0 Å². The van der Waals surface area contributed by atoms with E-state index in [1.54, 1.807) is 6.92 Å². The van der Waals surface area contributed by atoms with E-state index < -0.39 is 0 Å². The molecule has 0 aliphatic heterocycles. The summed E-state index contributed by atoms with van der Waals surface area (Å²) < 4.78 is 1.49. The van der Waals surface area contributed by atoms with Crippen molar-refractivity contribution in [2.75, 3.05) is 0 Å². The lowest BCUT2D eigenvalue weighted by Gasteiger charge is -2.06. The monoisotopic (exact) mass is 215 g/mol. The molecule has 0 radical (unpaired) electrons. The summed E-state index contributed by atoms with van der Waals surface area (Å²) in [5, 5.41) is 12.7. The summed E-state index contributed by atoms with van der Waals surface area (Å²) in [5.74, 6) is 1.07. The fourth-order valence-corrected chi connectivity index (χ4v) is 1.26. The number of rotatable bonds is 2. The Morgan fingerprint density at radius 3 is 2.88 bits per heavy atom. The number of nitrogens with two attached hydrogens (primary N) is 1. The highest BCUT2D eigenvalue weighted by Crippen LogP contribution is 2.10. The van der Waals surface area contributed by atoms with Crippen LogP contribution in [0.2, 0.25) is 0 Å². The van der Waals surface area contributed by atoms with E-state index in [9.17, 15) is 0 Å². The van der Waals surface area contributed by atoms with Gasteiger partial charge in [-0.2, -0.15) is 15.0 Å². The molecular weight excluding hydrogens is 206 g/mol. The Labute approximate surface area is 91.6 Å². The number of nitrogens with zero attached hydrogens (tertiary/aromatic N) is 6. The predicted octanol–water partition coefficient (Wildman–Crippen LogP) is -0.0513. The van der Waals surface area contributed by atoms with Gasteiger partial charge >= 0.3 is 0 Å². The van der Waals surface area contributed by atoms with E-state index in [0.717, 1.165) is 0 Å². The minimum Gasteiger partial charge on any atom is -0.322 e. The van der Waals surface area contributed by atoms with Gasteiger partial charge in [0.25, 0.3) is 0 Å². The van der Waals surface area contributed by atoms with E-state index in [1.807, 2.05) is 6.07 Å². The Bertz CT molecular complexity index is 537. The first-order valence-corrected chi connectivity index (χ1v) is 4.60. The summed E-state index contributed by atoms with van der Waals surface area (Å²) in [4.78, 5) is 11.8. The molecule has 2 heterocycles. The Morgan fingerprint density at radius 1 is 1.38 bits per heavy atom. The van der Waals surface area contributed by atoms with E-state index in [4.69, 9.17) is 11.0 Å². The molecule has 2 N–H and O–H groups in total. The molecule has 16 heavy (non-hydrogen) atoms. The van der Waals surface area contributed by atoms with Crippen LogP contribution in [0.25, 0.3) is 5.82 Å². The fourth-order valence-electron chi connectivity index (χ4n) is 1.26. The molecule has 0 saturated heterocycles. The zero-order valence-electron chi connectivity index (χ0n) is 8.57. The van der Waals surface area contributed by atoms with Crippen molar-refractivity contribution in [1.82, 2.24) is 24.7 Å². The lowest BCUT2D eigenvalue weighted by molar-refractivity contribution is 0.679. The molecule has 0 fully saturated rings. The van der Waals surface area contributed by atoms with Gasteiger partial charge in [0.1, 0.15) is 24.4 Å². The maximum Gasteiger partial charge on any atom is 0.160 e. The van der Waals surface area contributed by atoms with Crippen LogP contribution < -0.4 is 5.73 Å². The molecule has 1 atom stereocenters. The Morgan fingerprint density at radius 2 is 2.19 bits per heavy atom. The van der Waals surface area contributed by atoms with Crippen LogP contribution in [0.1, 0.15) is 24.5 Å². The number of aromatic nitrogens is 5. The third-order valence-corrected chi connectivity index (χ3v) is 1.97. The van der Waals surface area contributed by atoms with Crippen LogP contribution in [-0.4, -0.2) is 24.7 Å². The van der Waals surface area contributed by atoms with Crippen LogP contribution in [0.5, 0.6) is 0 Å². The topological polar surface area (TPSA) is 106 Å². The van der Waals surface area contributed by atoms with Crippen LogP contribution in [0, 0.1) is 11.3 Å². The van der Waals surface area contributed by atoms with Crippen molar-refractivity contribution >= 4 is 0 Å². The second kappa shape index (κ2) is 4.04. The highest BCUT2D eigenvalue weighted by molar-refractivity contribution is 5.30. The van der Waals surface area contributed by atoms with Crippen LogP contribution >= 0.6 is 0 Å². The Hall–Kier alpha value is -2.33. The molecule has 0 amide bonds. The van der Waals surface area contributed by atoms with Gasteiger partial charge in [-0.1, -0.05) is 0 Å². The minimum atomic E-state index is -0.261. The van der Waals surface area contributed by atoms with Crippen LogP contribution in [0.4, 0.5) is 0 Å². The molecule has 7 nitrogen and oxygen atoms in total. The highest BCUT2D eigenvalue weighted by Gasteiger charge is 2.11. The summed E-state index contributed by atoms with van der Waals surface area (Å²) in [6.07, 6.45) is 2.70. The molecule has 0 saturated carbocycles.